The van der Waals surface area contributed by atoms with Gasteiger partial charge < -0.3 is 14.8 Å². The molecule has 0 heterocycles. The lowest BCUT2D eigenvalue weighted by Gasteiger charge is -2.08. The molecule has 0 aliphatic rings. The second-order valence-corrected chi connectivity index (χ2v) is 5.78. The van der Waals surface area contributed by atoms with Gasteiger partial charge in [0, 0.05) is 19.2 Å². The van der Waals surface area contributed by atoms with Crippen LogP contribution in [-0.2, 0) is 9.47 Å². The van der Waals surface area contributed by atoms with Gasteiger partial charge in [0.05, 0.1) is 35.7 Å². The van der Waals surface area contributed by atoms with Crippen LogP contribution in [0, 0.1) is 20.2 Å². The number of rotatable bonds is 15. The highest BCUT2D eigenvalue weighted by Crippen LogP contribution is 2.28. The highest BCUT2D eigenvalue weighted by atomic mass is 16.6. The summed E-state index contributed by atoms with van der Waals surface area (Å²) in [5.41, 5.74) is -0.413. The molecule has 146 valence electrons. The Morgan fingerprint density at radius 3 is 2.27 bits per heavy atom. The zero-order valence-electron chi connectivity index (χ0n) is 15.1. The maximum Gasteiger partial charge on any atom is 0.299 e. The standard InChI is InChI=1S/C17H27N3O6/c1-2-3-4-5-6-10-25-12-13-26-11-9-18-16-8-7-15(19(21)22)14-17(16)20(23)24/h7-8,14,18H,2-6,9-13H2,1H3. The molecule has 9 nitrogen and oxygen atoms in total. The quantitative estimate of drug-likeness (QED) is 0.283. The van der Waals surface area contributed by atoms with Crippen molar-refractivity contribution >= 4 is 17.1 Å². The van der Waals surface area contributed by atoms with Crippen molar-refractivity contribution in [1.29, 1.82) is 0 Å². The smallest absolute Gasteiger partial charge is 0.299 e. The van der Waals surface area contributed by atoms with Gasteiger partial charge in [0.1, 0.15) is 5.69 Å². The molecule has 1 aromatic rings. The highest BCUT2D eigenvalue weighted by Gasteiger charge is 2.18. The van der Waals surface area contributed by atoms with Gasteiger partial charge >= 0.3 is 0 Å². The van der Waals surface area contributed by atoms with E-state index in [2.05, 4.69) is 12.2 Å². The minimum absolute atomic E-state index is 0.229. The molecule has 0 spiro atoms. The van der Waals surface area contributed by atoms with Gasteiger partial charge in [0.2, 0.25) is 0 Å². The van der Waals surface area contributed by atoms with Gasteiger partial charge in [-0.15, -0.1) is 0 Å². The van der Waals surface area contributed by atoms with Crippen LogP contribution in [0.1, 0.15) is 39.0 Å². The molecule has 0 radical (unpaired) electrons. The number of benzene rings is 1. The van der Waals surface area contributed by atoms with Crippen molar-refractivity contribution in [2.45, 2.75) is 39.0 Å². The van der Waals surface area contributed by atoms with Crippen molar-refractivity contribution < 1.29 is 19.3 Å². The zero-order chi connectivity index (χ0) is 19.2. The predicted molar refractivity (Wildman–Crippen MR) is 98.6 cm³/mol. The first-order valence-corrected chi connectivity index (χ1v) is 8.88. The number of nitrogens with one attached hydrogen (secondary N) is 1. The molecule has 0 unspecified atom stereocenters. The van der Waals surface area contributed by atoms with E-state index in [0.29, 0.717) is 26.4 Å². The van der Waals surface area contributed by atoms with Crippen LogP contribution < -0.4 is 5.32 Å². The summed E-state index contributed by atoms with van der Waals surface area (Å²) in [7, 11) is 0. The predicted octanol–water partition coefficient (Wildman–Crippen LogP) is 3.92. The Morgan fingerprint density at radius 2 is 1.62 bits per heavy atom. The first-order chi connectivity index (χ1) is 12.6. The van der Waals surface area contributed by atoms with Crippen LogP contribution in [0.2, 0.25) is 0 Å². The number of ether oxygens (including phenoxy) is 2. The number of unbranched alkanes of at least 4 members (excludes halogenated alkanes) is 4. The summed E-state index contributed by atoms with van der Waals surface area (Å²) in [6.07, 6.45) is 5.99. The summed E-state index contributed by atoms with van der Waals surface area (Å²) in [5, 5.41) is 24.6. The number of anilines is 1. The molecule has 26 heavy (non-hydrogen) atoms. The summed E-state index contributed by atoms with van der Waals surface area (Å²) in [6, 6.07) is 3.50. The van der Waals surface area contributed by atoms with Crippen molar-refractivity contribution in [2.75, 3.05) is 38.3 Å². The van der Waals surface area contributed by atoms with E-state index in [1.54, 1.807) is 0 Å². The maximum atomic E-state index is 11.0. The molecule has 0 atom stereocenters. The Labute approximate surface area is 153 Å². The summed E-state index contributed by atoms with van der Waals surface area (Å²) in [5.74, 6) is 0. The first kappa shape index (κ1) is 21.8. The molecule has 0 fully saturated rings. The number of hydrogen-bond donors (Lipinski definition) is 1. The third-order valence-electron chi connectivity index (χ3n) is 3.71. The molecule has 0 bridgehead atoms. The fourth-order valence-corrected chi connectivity index (χ4v) is 2.32. The van der Waals surface area contributed by atoms with Gasteiger partial charge in [-0.05, 0) is 12.5 Å². The Hall–Kier alpha value is -2.26. The van der Waals surface area contributed by atoms with Gasteiger partial charge in [0.25, 0.3) is 11.4 Å². The molecule has 0 saturated carbocycles. The van der Waals surface area contributed by atoms with Crippen molar-refractivity contribution in [3.05, 3.63) is 38.4 Å². The van der Waals surface area contributed by atoms with E-state index < -0.39 is 9.85 Å². The van der Waals surface area contributed by atoms with E-state index in [0.717, 1.165) is 19.1 Å². The Bertz CT molecular complexity index is 567. The van der Waals surface area contributed by atoms with Crippen LogP contribution in [0.25, 0.3) is 0 Å². The molecule has 0 aliphatic carbocycles. The minimum atomic E-state index is -0.663. The third-order valence-corrected chi connectivity index (χ3v) is 3.71. The fourth-order valence-electron chi connectivity index (χ4n) is 2.32. The van der Waals surface area contributed by atoms with E-state index in [-0.39, 0.29) is 17.1 Å². The van der Waals surface area contributed by atoms with Gasteiger partial charge in [-0.25, -0.2) is 0 Å². The van der Waals surface area contributed by atoms with Crippen LogP contribution in [0.3, 0.4) is 0 Å². The van der Waals surface area contributed by atoms with Gasteiger partial charge in [-0.1, -0.05) is 32.6 Å². The van der Waals surface area contributed by atoms with Gasteiger partial charge in [-0.3, -0.25) is 20.2 Å². The average Bonchev–Trinajstić information content (AvgIpc) is 2.62. The van der Waals surface area contributed by atoms with Crippen molar-refractivity contribution in [2.24, 2.45) is 0 Å². The number of nitrogens with zero attached hydrogens (tertiary/aromatic N) is 2. The van der Waals surface area contributed by atoms with Crippen LogP contribution in [-0.4, -0.2) is 42.8 Å². The van der Waals surface area contributed by atoms with E-state index in [9.17, 15) is 20.2 Å². The van der Waals surface area contributed by atoms with Crippen LogP contribution in [0.15, 0.2) is 18.2 Å². The molecule has 1 rings (SSSR count). The molecule has 0 amide bonds. The van der Waals surface area contributed by atoms with Gasteiger partial charge in [0.15, 0.2) is 0 Å². The van der Waals surface area contributed by atoms with Crippen LogP contribution in [0.5, 0.6) is 0 Å². The van der Waals surface area contributed by atoms with E-state index in [1.165, 1.54) is 37.8 Å². The number of non-ortho nitro benzene ring substituents is 1. The highest BCUT2D eigenvalue weighted by molar-refractivity contribution is 5.65. The minimum Gasteiger partial charge on any atom is -0.379 e. The monoisotopic (exact) mass is 369 g/mol. The van der Waals surface area contributed by atoms with E-state index in [1.807, 2.05) is 0 Å². The van der Waals surface area contributed by atoms with E-state index in [4.69, 9.17) is 9.47 Å². The summed E-state index contributed by atoms with van der Waals surface area (Å²) in [6.45, 7) is 4.61. The number of nitro groups is 2. The molecule has 9 heteroatoms. The van der Waals surface area contributed by atoms with Crippen LogP contribution in [0.4, 0.5) is 17.1 Å². The average molecular weight is 369 g/mol. The molecule has 0 aliphatic heterocycles. The van der Waals surface area contributed by atoms with Crippen molar-refractivity contribution in [3.8, 4) is 0 Å². The normalized spacial score (nSPS) is 10.7. The molecule has 1 N–H and O–H groups in total. The second kappa shape index (κ2) is 13.0. The summed E-state index contributed by atoms with van der Waals surface area (Å²) < 4.78 is 10.9. The number of hydrogen-bond acceptors (Lipinski definition) is 7. The lowest BCUT2D eigenvalue weighted by atomic mass is 10.2. The zero-order valence-corrected chi connectivity index (χ0v) is 15.1. The Kier molecular flexibility index (Phi) is 10.9. The second-order valence-electron chi connectivity index (χ2n) is 5.78. The van der Waals surface area contributed by atoms with Crippen LogP contribution >= 0.6 is 0 Å². The fraction of sp³-hybridized carbons (Fsp3) is 0.647. The Morgan fingerprint density at radius 1 is 0.923 bits per heavy atom. The summed E-state index contributed by atoms with van der Waals surface area (Å²) in [4.78, 5) is 20.4. The maximum absolute atomic E-state index is 11.0. The lowest BCUT2D eigenvalue weighted by molar-refractivity contribution is -0.393. The first-order valence-electron chi connectivity index (χ1n) is 8.88. The molecule has 0 aromatic heterocycles. The molecule has 0 saturated heterocycles. The largest absolute Gasteiger partial charge is 0.379 e. The SMILES string of the molecule is CCCCCCCOCCOCCNc1ccc([N+](=O)[O-])cc1[N+](=O)[O-]. The molecular weight excluding hydrogens is 342 g/mol. The topological polar surface area (TPSA) is 117 Å². The van der Waals surface area contributed by atoms with Crippen molar-refractivity contribution in [1.82, 2.24) is 0 Å². The third kappa shape index (κ3) is 8.72. The summed E-state index contributed by atoms with van der Waals surface area (Å²) >= 11 is 0. The Balaban J connectivity index is 2.16. The molecular formula is C17H27N3O6. The molecule has 1 aromatic carbocycles. The van der Waals surface area contributed by atoms with Gasteiger partial charge in [-0.2, -0.15) is 0 Å². The lowest BCUT2D eigenvalue weighted by Crippen LogP contribution is -2.13. The van der Waals surface area contributed by atoms with Crippen molar-refractivity contribution in [3.63, 3.8) is 0 Å². The van der Waals surface area contributed by atoms with E-state index >= 15 is 0 Å². The number of nitro benzene ring substituents is 2.